The van der Waals surface area contributed by atoms with Gasteiger partial charge in [0.05, 0.1) is 17.6 Å². The van der Waals surface area contributed by atoms with Gasteiger partial charge in [-0.05, 0) is 31.6 Å². The number of likely N-dealkylation sites (tertiary alicyclic amines) is 1. The summed E-state index contributed by atoms with van der Waals surface area (Å²) in [5.41, 5.74) is 2.24. The average molecular weight is 438 g/mol. The molecule has 8 heteroatoms. The average Bonchev–Trinajstić information content (AvgIpc) is 3.49. The van der Waals surface area contributed by atoms with E-state index in [1.54, 1.807) is 6.20 Å². The first-order chi connectivity index (χ1) is 15.1. The molecule has 0 radical (unpaired) electrons. The van der Waals surface area contributed by atoms with Gasteiger partial charge in [-0.25, -0.2) is 4.98 Å². The molecule has 1 fully saturated rings. The number of hydrogen-bond acceptors (Lipinski definition) is 6. The van der Waals surface area contributed by atoms with Crippen LogP contribution < -0.4 is 5.32 Å². The first kappa shape index (κ1) is 21.4. The number of amides is 2. The third kappa shape index (κ3) is 4.75. The van der Waals surface area contributed by atoms with E-state index in [0.717, 1.165) is 42.7 Å². The molecule has 1 atom stereocenters. The number of likely N-dealkylation sites (N-methyl/N-ethyl adjacent to an activating group) is 1. The number of rotatable bonds is 7. The number of aromatic nitrogens is 2. The number of pyridine rings is 1. The molecule has 3 heterocycles. The van der Waals surface area contributed by atoms with E-state index in [0.29, 0.717) is 23.8 Å². The number of nitrogens with one attached hydrogen (secondary N) is 1. The van der Waals surface area contributed by atoms with Gasteiger partial charge in [-0.3, -0.25) is 24.8 Å². The molecule has 31 heavy (non-hydrogen) atoms. The molecular weight excluding hydrogens is 410 g/mol. The number of anilines is 1. The Morgan fingerprint density at radius 1 is 1.26 bits per heavy atom. The monoisotopic (exact) mass is 437 g/mol. The summed E-state index contributed by atoms with van der Waals surface area (Å²) < 4.78 is 0. The summed E-state index contributed by atoms with van der Waals surface area (Å²) >= 11 is 1.39. The summed E-state index contributed by atoms with van der Waals surface area (Å²) in [4.78, 5) is 38.8. The zero-order chi connectivity index (χ0) is 21.8. The van der Waals surface area contributed by atoms with Gasteiger partial charge in [0.1, 0.15) is 0 Å². The van der Waals surface area contributed by atoms with Gasteiger partial charge in [-0.15, -0.1) is 11.3 Å². The quantitative estimate of drug-likeness (QED) is 0.611. The van der Waals surface area contributed by atoms with Crippen LogP contribution in [0.25, 0.3) is 10.9 Å². The maximum atomic E-state index is 13.0. The minimum atomic E-state index is -0.192. The number of nitrogens with zero attached hydrogens (tertiary/aromatic N) is 4. The Labute approximate surface area is 186 Å². The molecule has 2 amide bonds. The fourth-order valence-corrected chi connectivity index (χ4v) is 4.53. The number of fused-ring (bicyclic) bond motifs is 1. The molecule has 7 nitrogen and oxygen atoms in total. The minimum Gasteiger partial charge on any atom is -0.341 e. The lowest BCUT2D eigenvalue weighted by atomic mass is 9.99. The molecule has 0 spiro atoms. The van der Waals surface area contributed by atoms with Crippen LogP contribution in [-0.4, -0.2) is 64.3 Å². The van der Waals surface area contributed by atoms with Crippen molar-refractivity contribution in [2.75, 3.05) is 38.0 Å². The zero-order valence-corrected chi connectivity index (χ0v) is 18.7. The van der Waals surface area contributed by atoms with Crippen LogP contribution in [0, 0.1) is 0 Å². The molecule has 0 bridgehead atoms. The van der Waals surface area contributed by atoms with Crippen molar-refractivity contribution in [3.63, 3.8) is 0 Å². The highest BCUT2D eigenvalue weighted by molar-refractivity contribution is 7.13. The zero-order valence-electron chi connectivity index (χ0n) is 17.9. The lowest BCUT2D eigenvalue weighted by molar-refractivity contribution is -0.131. The first-order valence-corrected chi connectivity index (χ1v) is 11.6. The van der Waals surface area contributed by atoms with E-state index >= 15 is 0 Å². The van der Waals surface area contributed by atoms with Crippen molar-refractivity contribution in [2.24, 2.45) is 0 Å². The summed E-state index contributed by atoms with van der Waals surface area (Å²) in [6, 6.07) is 9.56. The normalized spacial score (nSPS) is 16.2. The van der Waals surface area contributed by atoms with Gasteiger partial charge in [0.2, 0.25) is 5.91 Å². The molecule has 3 aromatic rings. The van der Waals surface area contributed by atoms with E-state index in [4.69, 9.17) is 4.98 Å². The molecule has 1 aromatic carbocycles. The molecule has 0 saturated carbocycles. The summed E-state index contributed by atoms with van der Waals surface area (Å²) in [6.45, 7) is 7.68. The highest BCUT2D eigenvalue weighted by atomic mass is 32.1. The lowest BCUT2D eigenvalue weighted by Gasteiger charge is -2.22. The Morgan fingerprint density at radius 2 is 2.06 bits per heavy atom. The van der Waals surface area contributed by atoms with Crippen molar-refractivity contribution < 1.29 is 9.59 Å². The van der Waals surface area contributed by atoms with E-state index in [1.807, 2.05) is 40.6 Å². The maximum absolute atomic E-state index is 13.0. The second kappa shape index (κ2) is 9.53. The molecule has 1 N–H and O–H groups in total. The van der Waals surface area contributed by atoms with Crippen LogP contribution in [0.1, 0.15) is 42.2 Å². The molecule has 1 saturated heterocycles. The number of thiazole rings is 1. The van der Waals surface area contributed by atoms with Gasteiger partial charge in [0.15, 0.2) is 5.13 Å². The molecular formula is C23H27N5O2S. The lowest BCUT2D eigenvalue weighted by Crippen LogP contribution is -2.39. The van der Waals surface area contributed by atoms with Crippen LogP contribution in [0.4, 0.5) is 5.13 Å². The largest absolute Gasteiger partial charge is 0.341 e. The first-order valence-electron chi connectivity index (χ1n) is 10.7. The second-order valence-corrected chi connectivity index (χ2v) is 8.58. The highest BCUT2D eigenvalue weighted by Crippen LogP contribution is 2.30. The van der Waals surface area contributed by atoms with Crippen LogP contribution in [0.15, 0.2) is 41.9 Å². The molecule has 162 valence electrons. The molecule has 1 aliphatic rings. The molecule has 4 rings (SSSR count). The van der Waals surface area contributed by atoms with Gasteiger partial charge in [0, 0.05) is 41.7 Å². The second-order valence-electron chi connectivity index (χ2n) is 7.69. The maximum Gasteiger partial charge on any atom is 0.258 e. The fraction of sp³-hybridized carbons (Fsp3) is 0.391. The van der Waals surface area contributed by atoms with Gasteiger partial charge in [0.25, 0.3) is 5.91 Å². The Bertz CT molecular complexity index is 1070. The van der Waals surface area contributed by atoms with E-state index in [2.05, 4.69) is 29.0 Å². The number of carbonyl (C=O) groups excluding carboxylic acids is 2. The van der Waals surface area contributed by atoms with E-state index in [1.165, 1.54) is 11.3 Å². The molecule has 1 aliphatic heterocycles. The highest BCUT2D eigenvalue weighted by Gasteiger charge is 2.29. The van der Waals surface area contributed by atoms with Crippen LogP contribution in [0.5, 0.6) is 0 Å². The standard InChI is InChI=1S/C23H27N5O2S/c1-3-27(4-2)15-21(29)28-11-9-16(14-28)20-13-18(17-7-5-6-8-19(17)25-20)22(30)26-23-24-10-12-31-23/h5-8,10,12-13,16H,3-4,9,11,14-15H2,1-2H3,(H,24,26,30). The number of para-hydroxylation sites is 1. The summed E-state index contributed by atoms with van der Waals surface area (Å²) in [5.74, 6) is 0.0904. The number of carbonyl (C=O) groups is 2. The van der Waals surface area contributed by atoms with Crippen molar-refractivity contribution in [1.82, 2.24) is 19.8 Å². The predicted octanol–water partition coefficient (Wildman–Crippen LogP) is 3.60. The Balaban J connectivity index is 1.57. The Morgan fingerprint density at radius 3 is 2.81 bits per heavy atom. The van der Waals surface area contributed by atoms with E-state index < -0.39 is 0 Å². The van der Waals surface area contributed by atoms with Crippen LogP contribution >= 0.6 is 11.3 Å². The van der Waals surface area contributed by atoms with Gasteiger partial charge >= 0.3 is 0 Å². The van der Waals surface area contributed by atoms with Crippen molar-refractivity contribution in [3.05, 3.63) is 53.2 Å². The van der Waals surface area contributed by atoms with Crippen LogP contribution in [0.3, 0.4) is 0 Å². The third-order valence-corrected chi connectivity index (χ3v) is 6.53. The number of benzene rings is 1. The van der Waals surface area contributed by atoms with E-state index in [9.17, 15) is 9.59 Å². The summed E-state index contributed by atoms with van der Waals surface area (Å²) in [5, 5.41) is 6.09. The minimum absolute atomic E-state index is 0.122. The van der Waals surface area contributed by atoms with Gasteiger partial charge in [-0.2, -0.15) is 0 Å². The fourth-order valence-electron chi connectivity index (χ4n) is 4.01. The topological polar surface area (TPSA) is 78.4 Å². The summed E-state index contributed by atoms with van der Waals surface area (Å²) in [6.07, 6.45) is 2.52. The molecule has 2 aromatic heterocycles. The molecule has 1 unspecified atom stereocenters. The predicted molar refractivity (Wildman–Crippen MR) is 124 cm³/mol. The van der Waals surface area contributed by atoms with Crippen molar-refractivity contribution in [2.45, 2.75) is 26.2 Å². The number of hydrogen-bond donors (Lipinski definition) is 1. The Kier molecular flexibility index (Phi) is 6.58. The van der Waals surface area contributed by atoms with Crippen molar-refractivity contribution >= 4 is 39.2 Å². The molecule has 0 aliphatic carbocycles. The van der Waals surface area contributed by atoms with Crippen molar-refractivity contribution in [1.29, 1.82) is 0 Å². The smallest absolute Gasteiger partial charge is 0.258 e. The SMILES string of the molecule is CCN(CC)CC(=O)N1CCC(c2cc(C(=O)Nc3nccs3)c3ccccc3n2)C1. The Hall–Kier alpha value is -2.84. The van der Waals surface area contributed by atoms with Crippen molar-refractivity contribution in [3.8, 4) is 0 Å². The van der Waals surface area contributed by atoms with Crippen LogP contribution in [0.2, 0.25) is 0 Å². The van der Waals surface area contributed by atoms with Crippen LogP contribution in [-0.2, 0) is 4.79 Å². The van der Waals surface area contributed by atoms with Gasteiger partial charge < -0.3 is 4.90 Å². The van der Waals surface area contributed by atoms with E-state index in [-0.39, 0.29) is 17.7 Å². The van der Waals surface area contributed by atoms with Gasteiger partial charge in [-0.1, -0.05) is 32.0 Å². The third-order valence-electron chi connectivity index (χ3n) is 5.85. The summed E-state index contributed by atoms with van der Waals surface area (Å²) in [7, 11) is 0.